The molecule has 19 heavy (non-hydrogen) atoms. The SMILES string of the molecule is CC1CN(C(=O)OC(C)(C)C)C1C(O)OC(C)(C)C. The van der Waals surface area contributed by atoms with Gasteiger partial charge in [-0.2, -0.15) is 0 Å². The molecule has 0 radical (unpaired) electrons. The monoisotopic (exact) mass is 273 g/mol. The van der Waals surface area contributed by atoms with E-state index < -0.39 is 23.6 Å². The Kier molecular flexibility index (Phi) is 4.52. The summed E-state index contributed by atoms with van der Waals surface area (Å²) in [5.41, 5.74) is -0.982. The average molecular weight is 273 g/mol. The van der Waals surface area contributed by atoms with Crippen LogP contribution in [-0.4, -0.2) is 46.2 Å². The molecule has 0 aromatic heterocycles. The van der Waals surface area contributed by atoms with Gasteiger partial charge in [-0.3, -0.25) is 4.90 Å². The lowest BCUT2D eigenvalue weighted by Crippen LogP contribution is -2.64. The van der Waals surface area contributed by atoms with Gasteiger partial charge >= 0.3 is 6.09 Å². The molecule has 5 nitrogen and oxygen atoms in total. The molecule has 5 heteroatoms. The number of nitrogens with zero attached hydrogens (tertiary/aromatic N) is 1. The fourth-order valence-electron chi connectivity index (χ4n) is 2.09. The van der Waals surface area contributed by atoms with Crippen LogP contribution in [0.15, 0.2) is 0 Å². The molecule has 112 valence electrons. The topological polar surface area (TPSA) is 59.0 Å². The number of carbonyl (C=O) groups is 1. The van der Waals surface area contributed by atoms with Gasteiger partial charge in [0.25, 0.3) is 0 Å². The minimum Gasteiger partial charge on any atom is -0.444 e. The van der Waals surface area contributed by atoms with E-state index in [1.54, 1.807) is 0 Å². The highest BCUT2D eigenvalue weighted by molar-refractivity contribution is 5.69. The second-order valence-electron chi connectivity index (χ2n) is 7.22. The molecule has 1 heterocycles. The van der Waals surface area contributed by atoms with Crippen LogP contribution in [0.2, 0.25) is 0 Å². The molecule has 0 aromatic rings. The normalized spacial score (nSPS) is 25.8. The number of amides is 1. The first kappa shape index (κ1) is 16.2. The second-order valence-corrected chi connectivity index (χ2v) is 7.22. The Morgan fingerprint density at radius 1 is 1.21 bits per heavy atom. The van der Waals surface area contributed by atoms with Crippen LogP contribution >= 0.6 is 0 Å². The van der Waals surface area contributed by atoms with Gasteiger partial charge in [-0.25, -0.2) is 4.79 Å². The maximum Gasteiger partial charge on any atom is 0.410 e. The van der Waals surface area contributed by atoms with Gasteiger partial charge in [-0.05, 0) is 47.5 Å². The van der Waals surface area contributed by atoms with Crippen molar-refractivity contribution >= 4 is 6.09 Å². The summed E-state index contributed by atoms with van der Waals surface area (Å²) in [6.07, 6.45) is -1.39. The number of aliphatic hydroxyl groups is 1. The number of rotatable bonds is 2. The molecule has 0 aliphatic carbocycles. The van der Waals surface area contributed by atoms with Crippen molar-refractivity contribution in [1.29, 1.82) is 0 Å². The van der Waals surface area contributed by atoms with Crippen LogP contribution in [0.25, 0.3) is 0 Å². The minimum absolute atomic E-state index is 0.199. The lowest BCUT2D eigenvalue weighted by molar-refractivity contribution is -0.223. The molecule has 3 atom stereocenters. The fraction of sp³-hybridized carbons (Fsp3) is 0.929. The van der Waals surface area contributed by atoms with E-state index in [-0.39, 0.29) is 12.0 Å². The van der Waals surface area contributed by atoms with Crippen LogP contribution in [-0.2, 0) is 9.47 Å². The van der Waals surface area contributed by atoms with E-state index in [0.717, 1.165) is 0 Å². The largest absolute Gasteiger partial charge is 0.444 e. The first-order valence-electron chi connectivity index (χ1n) is 6.76. The summed E-state index contributed by atoms with van der Waals surface area (Å²) in [6.45, 7) is 13.7. The van der Waals surface area contributed by atoms with Crippen molar-refractivity contribution in [2.75, 3.05) is 6.54 Å². The molecule has 1 amide bonds. The van der Waals surface area contributed by atoms with Gasteiger partial charge in [0, 0.05) is 6.54 Å². The summed E-state index contributed by atoms with van der Waals surface area (Å²) < 4.78 is 10.8. The van der Waals surface area contributed by atoms with E-state index in [2.05, 4.69) is 0 Å². The third-order valence-corrected chi connectivity index (χ3v) is 2.82. The second kappa shape index (κ2) is 5.29. The molecule has 1 fully saturated rings. The smallest absolute Gasteiger partial charge is 0.410 e. The first-order valence-corrected chi connectivity index (χ1v) is 6.76. The molecule has 1 rings (SSSR count). The molecule has 1 aliphatic rings. The molecule has 0 spiro atoms. The predicted molar refractivity (Wildman–Crippen MR) is 72.7 cm³/mol. The van der Waals surface area contributed by atoms with Gasteiger partial charge in [0.2, 0.25) is 0 Å². The van der Waals surface area contributed by atoms with Gasteiger partial charge in [0.15, 0.2) is 6.29 Å². The number of ether oxygens (including phenoxy) is 2. The van der Waals surface area contributed by atoms with Gasteiger partial charge in [-0.15, -0.1) is 0 Å². The Morgan fingerprint density at radius 2 is 1.74 bits per heavy atom. The number of carbonyl (C=O) groups excluding carboxylic acids is 1. The molecular formula is C14H27NO4. The van der Waals surface area contributed by atoms with Crippen LogP contribution in [0.5, 0.6) is 0 Å². The van der Waals surface area contributed by atoms with Crippen molar-refractivity contribution in [3.63, 3.8) is 0 Å². The number of hydrogen-bond donors (Lipinski definition) is 1. The van der Waals surface area contributed by atoms with Gasteiger partial charge in [0.05, 0.1) is 11.6 Å². The lowest BCUT2D eigenvalue weighted by atomic mass is 9.90. The van der Waals surface area contributed by atoms with Crippen LogP contribution in [0.1, 0.15) is 48.5 Å². The van der Waals surface area contributed by atoms with Crippen LogP contribution < -0.4 is 0 Å². The Hall–Kier alpha value is -0.810. The van der Waals surface area contributed by atoms with Gasteiger partial charge in [0.1, 0.15) is 5.60 Å². The van der Waals surface area contributed by atoms with Crippen molar-refractivity contribution in [3.8, 4) is 0 Å². The zero-order chi connectivity index (χ0) is 15.0. The predicted octanol–water partition coefficient (Wildman–Crippen LogP) is 2.38. The molecular weight excluding hydrogens is 246 g/mol. The Morgan fingerprint density at radius 3 is 2.11 bits per heavy atom. The van der Waals surface area contributed by atoms with Crippen molar-refractivity contribution in [2.24, 2.45) is 5.92 Å². The number of aliphatic hydroxyl groups excluding tert-OH is 1. The number of hydrogen-bond acceptors (Lipinski definition) is 4. The van der Waals surface area contributed by atoms with Crippen molar-refractivity contribution < 1.29 is 19.4 Å². The van der Waals surface area contributed by atoms with Crippen LogP contribution in [0.3, 0.4) is 0 Å². The minimum atomic E-state index is -0.990. The summed E-state index contributed by atoms with van der Waals surface area (Å²) in [7, 11) is 0. The van der Waals surface area contributed by atoms with Gasteiger partial charge in [-0.1, -0.05) is 6.92 Å². The summed E-state index contributed by atoms with van der Waals surface area (Å²) in [6, 6.07) is -0.339. The molecule has 3 unspecified atom stereocenters. The summed E-state index contributed by atoms with van der Waals surface area (Å²) in [5.74, 6) is 0.199. The van der Waals surface area contributed by atoms with E-state index in [0.29, 0.717) is 6.54 Å². The fourth-order valence-corrected chi connectivity index (χ4v) is 2.09. The third-order valence-electron chi connectivity index (χ3n) is 2.82. The van der Waals surface area contributed by atoms with Gasteiger partial charge < -0.3 is 14.6 Å². The Labute approximate surface area is 115 Å². The summed E-state index contributed by atoms with van der Waals surface area (Å²) in [5, 5.41) is 10.1. The highest BCUT2D eigenvalue weighted by atomic mass is 16.6. The maximum atomic E-state index is 12.0. The molecule has 1 aliphatic heterocycles. The highest BCUT2D eigenvalue weighted by Crippen LogP contribution is 2.31. The zero-order valence-electron chi connectivity index (χ0n) is 13.1. The van der Waals surface area contributed by atoms with E-state index in [1.807, 2.05) is 48.5 Å². The zero-order valence-corrected chi connectivity index (χ0v) is 13.1. The first-order chi connectivity index (χ1) is 8.41. The van der Waals surface area contributed by atoms with Crippen molar-refractivity contribution in [2.45, 2.75) is 72.0 Å². The van der Waals surface area contributed by atoms with E-state index in [4.69, 9.17) is 9.47 Å². The van der Waals surface area contributed by atoms with Crippen LogP contribution in [0, 0.1) is 5.92 Å². The van der Waals surface area contributed by atoms with E-state index in [9.17, 15) is 9.90 Å². The van der Waals surface area contributed by atoms with Crippen molar-refractivity contribution in [3.05, 3.63) is 0 Å². The summed E-state index contributed by atoms with van der Waals surface area (Å²) in [4.78, 5) is 13.5. The average Bonchev–Trinajstić information content (AvgIpc) is 2.06. The quantitative estimate of drug-likeness (QED) is 0.785. The van der Waals surface area contributed by atoms with Crippen molar-refractivity contribution in [1.82, 2.24) is 4.90 Å². The third kappa shape index (κ3) is 4.66. The standard InChI is InChI=1S/C14H27NO4/c1-9-8-15(12(17)19-14(5,6)7)10(9)11(16)18-13(2,3)4/h9-11,16H,8H2,1-7H3. The summed E-state index contributed by atoms with van der Waals surface area (Å²) >= 11 is 0. The molecule has 1 saturated heterocycles. The maximum absolute atomic E-state index is 12.0. The Balaban J connectivity index is 2.64. The highest BCUT2D eigenvalue weighted by Gasteiger charge is 2.46. The Bertz CT molecular complexity index is 329. The molecule has 0 aromatic carbocycles. The van der Waals surface area contributed by atoms with E-state index >= 15 is 0 Å². The molecule has 1 N–H and O–H groups in total. The van der Waals surface area contributed by atoms with E-state index in [1.165, 1.54) is 4.90 Å². The number of likely N-dealkylation sites (tertiary alicyclic amines) is 1. The molecule has 0 bridgehead atoms. The lowest BCUT2D eigenvalue weighted by Gasteiger charge is -2.49. The molecule has 0 saturated carbocycles. The van der Waals surface area contributed by atoms with Crippen LogP contribution in [0.4, 0.5) is 4.79 Å².